The van der Waals surface area contributed by atoms with E-state index in [2.05, 4.69) is 24.0 Å². The predicted molar refractivity (Wildman–Crippen MR) is 75.0 cm³/mol. The summed E-state index contributed by atoms with van der Waals surface area (Å²) >= 11 is 0. The Morgan fingerprint density at radius 1 is 1.42 bits per heavy atom. The molecule has 0 spiro atoms. The van der Waals surface area contributed by atoms with Crippen LogP contribution in [0, 0.1) is 5.92 Å². The summed E-state index contributed by atoms with van der Waals surface area (Å²) in [6.07, 6.45) is 4.58. The van der Waals surface area contributed by atoms with Gasteiger partial charge in [-0.2, -0.15) is 0 Å². The number of rotatable bonds is 4. The van der Waals surface area contributed by atoms with Crippen LogP contribution < -0.4 is 0 Å². The van der Waals surface area contributed by atoms with Gasteiger partial charge in [0.2, 0.25) is 0 Å². The van der Waals surface area contributed by atoms with Crippen molar-refractivity contribution in [2.45, 2.75) is 64.1 Å². The molecule has 2 fully saturated rings. The van der Waals surface area contributed by atoms with Gasteiger partial charge in [-0.05, 0) is 50.8 Å². The summed E-state index contributed by atoms with van der Waals surface area (Å²) in [5.41, 5.74) is 0. The van der Waals surface area contributed by atoms with Gasteiger partial charge in [0.05, 0.1) is 12.6 Å². The minimum Gasteiger partial charge on any atom is -0.464 e. The molecule has 106 valence electrons. The van der Waals surface area contributed by atoms with Crippen LogP contribution in [0.15, 0.2) is 16.5 Å². The maximum atomic E-state index is 9.89. The zero-order valence-corrected chi connectivity index (χ0v) is 12.0. The van der Waals surface area contributed by atoms with Crippen molar-refractivity contribution in [2.24, 2.45) is 5.92 Å². The predicted octanol–water partition coefficient (Wildman–Crippen LogP) is 3.14. The van der Waals surface area contributed by atoms with Crippen molar-refractivity contribution in [3.8, 4) is 0 Å². The van der Waals surface area contributed by atoms with Crippen molar-refractivity contribution < 1.29 is 9.52 Å². The van der Waals surface area contributed by atoms with Gasteiger partial charge in [0.25, 0.3) is 0 Å². The third kappa shape index (κ3) is 2.87. The molecule has 3 heteroatoms. The van der Waals surface area contributed by atoms with Gasteiger partial charge in [-0.25, -0.2) is 0 Å². The zero-order valence-electron chi connectivity index (χ0n) is 12.0. The van der Waals surface area contributed by atoms with Gasteiger partial charge in [-0.1, -0.05) is 13.3 Å². The van der Waals surface area contributed by atoms with E-state index in [0.717, 1.165) is 36.9 Å². The molecule has 2 aliphatic rings. The lowest BCUT2D eigenvalue weighted by molar-refractivity contribution is 0.0278. The van der Waals surface area contributed by atoms with Crippen molar-refractivity contribution in [1.82, 2.24) is 4.90 Å². The van der Waals surface area contributed by atoms with E-state index in [1.54, 1.807) is 0 Å². The van der Waals surface area contributed by atoms with Gasteiger partial charge in [0.1, 0.15) is 11.5 Å². The number of piperidine rings is 1. The topological polar surface area (TPSA) is 36.6 Å². The lowest BCUT2D eigenvalue weighted by Gasteiger charge is -2.36. The van der Waals surface area contributed by atoms with Gasteiger partial charge < -0.3 is 9.52 Å². The van der Waals surface area contributed by atoms with E-state index in [4.69, 9.17) is 4.42 Å². The van der Waals surface area contributed by atoms with Crippen molar-refractivity contribution in [1.29, 1.82) is 0 Å². The first-order chi connectivity index (χ1) is 9.15. The molecule has 0 aromatic carbocycles. The normalized spacial score (nSPS) is 33.3. The van der Waals surface area contributed by atoms with E-state index in [1.165, 1.54) is 19.3 Å². The number of nitrogens with zero attached hydrogens (tertiary/aromatic N) is 1. The summed E-state index contributed by atoms with van der Waals surface area (Å²) in [4.78, 5) is 2.38. The fourth-order valence-corrected chi connectivity index (χ4v) is 3.36. The summed E-state index contributed by atoms with van der Waals surface area (Å²) in [5, 5.41) is 9.89. The molecule has 0 amide bonds. The molecule has 1 N–H and O–H groups in total. The van der Waals surface area contributed by atoms with Gasteiger partial charge in [-0.3, -0.25) is 4.90 Å². The Bertz CT molecular complexity index is 426. The molecule has 0 radical (unpaired) electrons. The first-order valence-electron chi connectivity index (χ1n) is 7.66. The van der Waals surface area contributed by atoms with E-state index in [-0.39, 0.29) is 6.10 Å². The van der Waals surface area contributed by atoms with Crippen molar-refractivity contribution >= 4 is 0 Å². The third-order valence-corrected chi connectivity index (χ3v) is 4.74. The molecule has 1 aromatic heterocycles. The fraction of sp³-hybridized carbons (Fsp3) is 0.750. The molecule has 1 saturated heterocycles. The van der Waals surface area contributed by atoms with Crippen LogP contribution in [0.2, 0.25) is 0 Å². The number of hydrogen-bond donors (Lipinski definition) is 1. The van der Waals surface area contributed by atoms with Gasteiger partial charge in [0.15, 0.2) is 0 Å². The molecule has 3 rings (SSSR count). The lowest BCUT2D eigenvalue weighted by atomic mass is 9.98. The molecule has 4 atom stereocenters. The SMILES string of the molecule is CC(O)C1CCCCN1Cc1ccc(C2CC2C)o1. The highest BCUT2D eigenvalue weighted by atomic mass is 16.3. The highest BCUT2D eigenvalue weighted by molar-refractivity contribution is 5.17. The summed E-state index contributed by atoms with van der Waals surface area (Å²) in [6.45, 7) is 6.10. The Hall–Kier alpha value is -0.800. The van der Waals surface area contributed by atoms with Gasteiger partial charge in [0, 0.05) is 12.0 Å². The van der Waals surface area contributed by atoms with Crippen LogP contribution in [-0.4, -0.2) is 28.7 Å². The minimum atomic E-state index is -0.252. The highest BCUT2D eigenvalue weighted by Crippen LogP contribution is 2.47. The third-order valence-electron chi connectivity index (χ3n) is 4.74. The standard InChI is InChI=1S/C16H25NO2/c1-11-9-14(11)16-7-6-13(19-16)10-17-8-4-3-5-15(17)12(2)18/h6-7,11-12,14-15,18H,3-5,8-10H2,1-2H3. The first kappa shape index (κ1) is 13.2. The minimum absolute atomic E-state index is 0.252. The average Bonchev–Trinajstić information content (AvgIpc) is 2.94. The summed E-state index contributed by atoms with van der Waals surface area (Å²) in [6, 6.07) is 4.56. The smallest absolute Gasteiger partial charge is 0.118 e. The van der Waals surface area contributed by atoms with E-state index < -0.39 is 0 Å². The Morgan fingerprint density at radius 2 is 2.21 bits per heavy atom. The van der Waals surface area contributed by atoms with Crippen LogP contribution in [0.1, 0.15) is 57.0 Å². The lowest BCUT2D eigenvalue weighted by Crippen LogP contribution is -2.45. The van der Waals surface area contributed by atoms with Crippen LogP contribution in [0.3, 0.4) is 0 Å². The van der Waals surface area contributed by atoms with Crippen molar-refractivity contribution in [3.05, 3.63) is 23.7 Å². The average molecular weight is 263 g/mol. The highest BCUT2D eigenvalue weighted by Gasteiger charge is 2.36. The Morgan fingerprint density at radius 3 is 2.89 bits per heavy atom. The summed E-state index contributed by atoms with van der Waals surface area (Å²) in [7, 11) is 0. The van der Waals surface area contributed by atoms with Crippen LogP contribution in [0.25, 0.3) is 0 Å². The van der Waals surface area contributed by atoms with Gasteiger partial charge in [-0.15, -0.1) is 0 Å². The molecular formula is C16H25NO2. The van der Waals surface area contributed by atoms with Crippen molar-refractivity contribution in [3.63, 3.8) is 0 Å². The van der Waals surface area contributed by atoms with E-state index >= 15 is 0 Å². The molecule has 2 heterocycles. The van der Waals surface area contributed by atoms with Crippen LogP contribution in [-0.2, 0) is 6.54 Å². The number of aliphatic hydroxyl groups excluding tert-OH is 1. The second-order valence-corrected chi connectivity index (χ2v) is 6.40. The number of hydrogen-bond acceptors (Lipinski definition) is 3. The Labute approximate surface area is 115 Å². The molecule has 19 heavy (non-hydrogen) atoms. The molecule has 1 aliphatic carbocycles. The van der Waals surface area contributed by atoms with Gasteiger partial charge >= 0.3 is 0 Å². The number of likely N-dealkylation sites (tertiary alicyclic amines) is 1. The largest absolute Gasteiger partial charge is 0.464 e. The number of aliphatic hydroxyl groups is 1. The number of furan rings is 1. The van der Waals surface area contributed by atoms with Crippen LogP contribution in [0.4, 0.5) is 0 Å². The molecule has 0 bridgehead atoms. The molecule has 1 saturated carbocycles. The second kappa shape index (κ2) is 5.29. The Kier molecular flexibility index (Phi) is 3.68. The van der Waals surface area contributed by atoms with Crippen LogP contribution in [0.5, 0.6) is 0 Å². The Balaban J connectivity index is 1.64. The van der Waals surface area contributed by atoms with E-state index in [9.17, 15) is 5.11 Å². The molecule has 1 aliphatic heterocycles. The summed E-state index contributed by atoms with van der Waals surface area (Å²) < 4.78 is 5.99. The molecule has 1 aromatic rings. The monoisotopic (exact) mass is 263 g/mol. The fourth-order valence-electron chi connectivity index (χ4n) is 3.36. The van der Waals surface area contributed by atoms with Crippen LogP contribution >= 0.6 is 0 Å². The zero-order chi connectivity index (χ0) is 13.4. The second-order valence-electron chi connectivity index (χ2n) is 6.40. The quantitative estimate of drug-likeness (QED) is 0.906. The maximum Gasteiger partial charge on any atom is 0.118 e. The molecular weight excluding hydrogens is 238 g/mol. The van der Waals surface area contributed by atoms with Crippen molar-refractivity contribution in [2.75, 3.05) is 6.54 Å². The van der Waals surface area contributed by atoms with E-state index in [0.29, 0.717) is 12.0 Å². The maximum absolute atomic E-state index is 9.89. The molecule has 3 nitrogen and oxygen atoms in total. The summed E-state index contributed by atoms with van der Waals surface area (Å²) in [5.74, 6) is 3.66. The molecule has 4 unspecified atom stereocenters. The van der Waals surface area contributed by atoms with E-state index in [1.807, 2.05) is 6.92 Å². The first-order valence-corrected chi connectivity index (χ1v) is 7.66.